The first-order chi connectivity index (χ1) is 9.11. The lowest BCUT2D eigenvalue weighted by Crippen LogP contribution is -2.33. The maximum atomic E-state index is 12.6. The van der Waals surface area contributed by atoms with E-state index in [4.69, 9.17) is 0 Å². The Bertz CT molecular complexity index is 537. The van der Waals surface area contributed by atoms with Crippen molar-refractivity contribution < 1.29 is 18.1 Å². The third-order valence-corrected chi connectivity index (χ3v) is 3.58. The topological polar surface area (TPSA) is 55.2 Å². The zero-order chi connectivity index (χ0) is 15.1. The van der Waals surface area contributed by atoms with Crippen LogP contribution in [0.3, 0.4) is 0 Å². The molecule has 1 N–H and O–H groups in total. The van der Waals surface area contributed by atoms with Crippen LogP contribution in [0.2, 0.25) is 0 Å². The molecule has 0 bridgehead atoms. The van der Waals surface area contributed by atoms with E-state index in [0.29, 0.717) is 12.0 Å². The third kappa shape index (κ3) is 3.02. The van der Waals surface area contributed by atoms with Crippen molar-refractivity contribution in [2.75, 3.05) is 5.32 Å². The molecule has 0 heterocycles. The van der Waals surface area contributed by atoms with Crippen molar-refractivity contribution in [2.45, 2.75) is 38.4 Å². The summed E-state index contributed by atoms with van der Waals surface area (Å²) in [6.07, 6.45) is -2.54. The van der Waals surface area contributed by atoms with Crippen molar-refractivity contribution in [2.24, 2.45) is 5.92 Å². The van der Waals surface area contributed by atoms with E-state index in [-0.39, 0.29) is 11.2 Å². The highest BCUT2D eigenvalue weighted by molar-refractivity contribution is 5.64. The van der Waals surface area contributed by atoms with Gasteiger partial charge in [-0.1, -0.05) is 0 Å². The van der Waals surface area contributed by atoms with Gasteiger partial charge in [0.2, 0.25) is 0 Å². The molecule has 1 saturated carbocycles. The highest BCUT2D eigenvalue weighted by atomic mass is 19.4. The molecule has 1 aromatic rings. The van der Waals surface area contributed by atoms with E-state index >= 15 is 0 Å². The Labute approximate surface area is 114 Å². The largest absolute Gasteiger partial charge is 0.416 e. The maximum absolute atomic E-state index is 12.6. The van der Waals surface area contributed by atoms with Crippen LogP contribution in [0.1, 0.15) is 32.3 Å². The van der Waals surface area contributed by atoms with E-state index in [9.17, 15) is 23.3 Å². The van der Waals surface area contributed by atoms with Crippen molar-refractivity contribution in [3.63, 3.8) is 0 Å². The number of nitro groups is 1. The van der Waals surface area contributed by atoms with Gasteiger partial charge >= 0.3 is 6.18 Å². The number of hydrogen-bond acceptors (Lipinski definition) is 3. The summed E-state index contributed by atoms with van der Waals surface area (Å²) in [5, 5.41) is 14.0. The standard InChI is InChI=1S/C13H15F3N2O2/c1-12(2,8-3-4-8)17-10-6-5-9(13(14,15)16)7-11(10)18(19)20/h5-8,17H,3-4H2,1-2H3. The quantitative estimate of drug-likeness (QED) is 0.667. The highest BCUT2D eigenvalue weighted by Gasteiger charge is 2.39. The van der Waals surface area contributed by atoms with Gasteiger partial charge in [0.15, 0.2) is 0 Å². The summed E-state index contributed by atoms with van der Waals surface area (Å²) in [6.45, 7) is 3.79. The van der Waals surface area contributed by atoms with E-state index in [2.05, 4.69) is 5.32 Å². The minimum atomic E-state index is -4.59. The van der Waals surface area contributed by atoms with Gasteiger partial charge in [0.25, 0.3) is 5.69 Å². The molecule has 1 fully saturated rings. The van der Waals surface area contributed by atoms with Crippen LogP contribution in [0.4, 0.5) is 24.5 Å². The number of hydrogen-bond donors (Lipinski definition) is 1. The number of rotatable bonds is 4. The number of nitro benzene ring substituents is 1. The molecule has 0 saturated heterocycles. The summed E-state index contributed by atoms with van der Waals surface area (Å²) in [4.78, 5) is 10.2. The molecule has 0 aromatic heterocycles. The van der Waals surface area contributed by atoms with Crippen LogP contribution in [0, 0.1) is 16.0 Å². The lowest BCUT2D eigenvalue weighted by Gasteiger charge is -2.27. The molecule has 1 aromatic carbocycles. The SMILES string of the molecule is CC(C)(Nc1ccc(C(F)(F)F)cc1[N+](=O)[O-])C1CC1. The van der Waals surface area contributed by atoms with Crippen molar-refractivity contribution in [3.05, 3.63) is 33.9 Å². The molecular weight excluding hydrogens is 273 g/mol. The van der Waals surface area contributed by atoms with E-state index in [1.807, 2.05) is 13.8 Å². The Balaban J connectivity index is 2.35. The van der Waals surface area contributed by atoms with Crippen LogP contribution in [-0.2, 0) is 6.18 Å². The number of nitrogens with one attached hydrogen (secondary N) is 1. The Morgan fingerprint density at radius 3 is 2.35 bits per heavy atom. The second kappa shape index (κ2) is 4.64. The van der Waals surface area contributed by atoms with Crippen LogP contribution in [0.5, 0.6) is 0 Å². The van der Waals surface area contributed by atoms with Crippen LogP contribution in [0.15, 0.2) is 18.2 Å². The van der Waals surface area contributed by atoms with E-state index in [0.717, 1.165) is 25.0 Å². The first-order valence-corrected chi connectivity index (χ1v) is 6.25. The molecule has 2 rings (SSSR count). The molecule has 20 heavy (non-hydrogen) atoms. The molecule has 0 aliphatic heterocycles. The van der Waals surface area contributed by atoms with Crippen LogP contribution in [-0.4, -0.2) is 10.5 Å². The fourth-order valence-corrected chi connectivity index (χ4v) is 2.22. The van der Waals surface area contributed by atoms with Gasteiger partial charge < -0.3 is 5.32 Å². The van der Waals surface area contributed by atoms with E-state index < -0.39 is 22.4 Å². The molecule has 1 aliphatic rings. The van der Waals surface area contributed by atoms with Gasteiger partial charge in [-0.25, -0.2) is 0 Å². The summed E-state index contributed by atoms with van der Waals surface area (Å²) in [5.41, 5.74) is -1.81. The second-order valence-electron chi connectivity index (χ2n) is 5.61. The predicted octanol–water partition coefficient (Wildman–Crippen LogP) is 4.21. The molecule has 0 radical (unpaired) electrons. The van der Waals surface area contributed by atoms with Gasteiger partial charge in [-0.15, -0.1) is 0 Å². The van der Waals surface area contributed by atoms with Crippen LogP contribution >= 0.6 is 0 Å². The predicted molar refractivity (Wildman–Crippen MR) is 68.5 cm³/mol. The van der Waals surface area contributed by atoms with Crippen LogP contribution in [0.25, 0.3) is 0 Å². The Kier molecular flexibility index (Phi) is 3.39. The molecule has 1 aliphatic carbocycles. The lowest BCUT2D eigenvalue weighted by atomic mass is 9.98. The Morgan fingerprint density at radius 2 is 1.90 bits per heavy atom. The number of alkyl halides is 3. The van der Waals surface area contributed by atoms with Gasteiger partial charge in [-0.2, -0.15) is 13.2 Å². The molecule has 0 spiro atoms. The summed E-state index contributed by atoms with van der Waals surface area (Å²) < 4.78 is 37.8. The van der Waals surface area contributed by atoms with Crippen molar-refractivity contribution >= 4 is 11.4 Å². The highest BCUT2D eigenvalue weighted by Crippen LogP contribution is 2.43. The summed E-state index contributed by atoms with van der Waals surface area (Å²) in [6, 6.07) is 2.56. The number of nitrogens with zero attached hydrogens (tertiary/aromatic N) is 1. The zero-order valence-electron chi connectivity index (χ0n) is 11.1. The number of benzene rings is 1. The normalized spacial score (nSPS) is 16.1. The fourth-order valence-electron chi connectivity index (χ4n) is 2.22. The van der Waals surface area contributed by atoms with Crippen LogP contribution < -0.4 is 5.32 Å². The maximum Gasteiger partial charge on any atom is 0.416 e. The molecule has 0 unspecified atom stereocenters. The molecular formula is C13H15F3N2O2. The Morgan fingerprint density at radius 1 is 1.30 bits per heavy atom. The van der Waals surface area contributed by atoms with Gasteiger partial charge in [0, 0.05) is 11.6 Å². The lowest BCUT2D eigenvalue weighted by molar-refractivity contribution is -0.384. The minimum absolute atomic E-state index is 0.125. The van der Waals surface area contributed by atoms with Crippen molar-refractivity contribution in [3.8, 4) is 0 Å². The fraction of sp³-hybridized carbons (Fsp3) is 0.538. The van der Waals surface area contributed by atoms with E-state index in [1.165, 1.54) is 0 Å². The summed E-state index contributed by atoms with van der Waals surface area (Å²) in [7, 11) is 0. The summed E-state index contributed by atoms with van der Waals surface area (Å²) >= 11 is 0. The van der Waals surface area contributed by atoms with Gasteiger partial charge in [0.1, 0.15) is 5.69 Å². The minimum Gasteiger partial charge on any atom is -0.374 e. The van der Waals surface area contributed by atoms with E-state index in [1.54, 1.807) is 0 Å². The number of anilines is 1. The van der Waals surface area contributed by atoms with Crippen molar-refractivity contribution in [1.82, 2.24) is 0 Å². The van der Waals surface area contributed by atoms with Gasteiger partial charge in [-0.05, 0) is 44.7 Å². The zero-order valence-corrected chi connectivity index (χ0v) is 11.1. The van der Waals surface area contributed by atoms with Crippen molar-refractivity contribution in [1.29, 1.82) is 0 Å². The summed E-state index contributed by atoms with van der Waals surface area (Å²) in [5.74, 6) is 0.393. The van der Waals surface area contributed by atoms with Gasteiger partial charge in [0.05, 0.1) is 10.5 Å². The molecule has 110 valence electrons. The molecule has 0 atom stereocenters. The van der Waals surface area contributed by atoms with Gasteiger partial charge in [-0.3, -0.25) is 10.1 Å². The average Bonchev–Trinajstić information content (AvgIpc) is 3.10. The monoisotopic (exact) mass is 288 g/mol. The Hall–Kier alpha value is -1.79. The average molecular weight is 288 g/mol. The smallest absolute Gasteiger partial charge is 0.374 e. The molecule has 7 heteroatoms. The third-order valence-electron chi connectivity index (χ3n) is 3.58. The molecule has 0 amide bonds. The second-order valence-corrected chi connectivity index (χ2v) is 5.61. The first kappa shape index (κ1) is 14.6. The number of halogens is 3. The first-order valence-electron chi connectivity index (χ1n) is 6.25. The molecule has 4 nitrogen and oxygen atoms in total.